The molecule has 0 aliphatic heterocycles. The van der Waals surface area contributed by atoms with Gasteiger partial charge in [0.05, 0.1) is 10.8 Å². The van der Waals surface area contributed by atoms with Crippen molar-refractivity contribution in [3.05, 3.63) is 22.5 Å². The Balaban J connectivity index is 2.56. The molecule has 0 bridgehead atoms. The SMILES string of the molecule is CC=CS(=O)C1=CCCC1. The van der Waals surface area contributed by atoms with E-state index < -0.39 is 10.8 Å². The molecule has 0 saturated carbocycles. The molecule has 0 saturated heterocycles. The summed E-state index contributed by atoms with van der Waals surface area (Å²) in [7, 11) is -0.815. The van der Waals surface area contributed by atoms with Crippen LogP contribution in [0, 0.1) is 0 Å². The molecule has 0 amide bonds. The predicted octanol–water partition coefficient (Wildman–Crippen LogP) is 2.34. The Kier molecular flexibility index (Phi) is 2.87. The van der Waals surface area contributed by atoms with Gasteiger partial charge in [-0.3, -0.25) is 4.21 Å². The van der Waals surface area contributed by atoms with Crippen LogP contribution in [0.2, 0.25) is 0 Å². The maximum absolute atomic E-state index is 11.2. The van der Waals surface area contributed by atoms with E-state index in [2.05, 4.69) is 6.08 Å². The second-order valence-corrected chi connectivity index (χ2v) is 3.72. The van der Waals surface area contributed by atoms with Crippen LogP contribution in [0.25, 0.3) is 0 Å². The molecule has 1 nitrogen and oxygen atoms in total. The molecule has 56 valence electrons. The molecular formula is C8H12OS. The molecule has 0 aromatic carbocycles. The fraction of sp³-hybridized carbons (Fsp3) is 0.500. The first-order valence-corrected chi connectivity index (χ1v) is 4.78. The normalized spacial score (nSPS) is 21.5. The van der Waals surface area contributed by atoms with Crippen molar-refractivity contribution in [3.8, 4) is 0 Å². The topological polar surface area (TPSA) is 17.1 Å². The third-order valence-electron chi connectivity index (χ3n) is 1.52. The average Bonchev–Trinajstić information content (AvgIpc) is 2.38. The molecule has 10 heavy (non-hydrogen) atoms. The molecule has 0 aromatic heterocycles. The zero-order valence-corrected chi connectivity index (χ0v) is 6.99. The van der Waals surface area contributed by atoms with Crippen LogP contribution in [0.5, 0.6) is 0 Å². The largest absolute Gasteiger partial charge is 0.250 e. The molecular weight excluding hydrogens is 144 g/mol. The van der Waals surface area contributed by atoms with Gasteiger partial charge in [0.25, 0.3) is 0 Å². The van der Waals surface area contributed by atoms with Crippen LogP contribution in [0.1, 0.15) is 26.2 Å². The van der Waals surface area contributed by atoms with Crippen LogP contribution in [0.3, 0.4) is 0 Å². The summed E-state index contributed by atoms with van der Waals surface area (Å²) in [5.41, 5.74) is 0. The quantitative estimate of drug-likeness (QED) is 0.599. The molecule has 0 aromatic rings. The number of hydrogen-bond donors (Lipinski definition) is 0. The van der Waals surface area contributed by atoms with Gasteiger partial charge in [0.15, 0.2) is 0 Å². The highest BCUT2D eigenvalue weighted by molar-refractivity contribution is 7.91. The van der Waals surface area contributed by atoms with Gasteiger partial charge in [0.1, 0.15) is 0 Å². The Hall–Kier alpha value is -0.370. The molecule has 1 atom stereocenters. The van der Waals surface area contributed by atoms with Crippen molar-refractivity contribution in [2.24, 2.45) is 0 Å². The Labute approximate surface area is 64.3 Å². The lowest BCUT2D eigenvalue weighted by molar-refractivity contribution is 0.690. The molecule has 1 unspecified atom stereocenters. The predicted molar refractivity (Wildman–Crippen MR) is 44.9 cm³/mol. The van der Waals surface area contributed by atoms with Crippen LogP contribution in [0.15, 0.2) is 22.5 Å². The molecule has 0 spiro atoms. The summed E-state index contributed by atoms with van der Waals surface area (Å²) in [6, 6.07) is 0. The first-order valence-electron chi connectivity index (χ1n) is 3.57. The molecule has 0 heterocycles. The fourth-order valence-corrected chi connectivity index (χ4v) is 2.08. The standard InChI is InChI=1S/C8H12OS/c1-2-7-10(9)8-5-3-4-6-8/h2,5,7H,3-4,6H2,1H3. The lowest BCUT2D eigenvalue weighted by atomic mass is 10.4. The van der Waals surface area contributed by atoms with Crippen LogP contribution in [-0.4, -0.2) is 4.21 Å². The summed E-state index contributed by atoms with van der Waals surface area (Å²) < 4.78 is 11.2. The Morgan fingerprint density at radius 2 is 2.50 bits per heavy atom. The Bertz CT molecular complexity index is 191. The highest BCUT2D eigenvalue weighted by atomic mass is 32.2. The van der Waals surface area contributed by atoms with Gasteiger partial charge in [-0.05, 0) is 26.2 Å². The molecule has 2 heteroatoms. The van der Waals surface area contributed by atoms with Gasteiger partial charge < -0.3 is 0 Å². The molecule has 1 aliphatic carbocycles. The zero-order chi connectivity index (χ0) is 7.40. The fourth-order valence-electron chi connectivity index (χ4n) is 1.04. The van der Waals surface area contributed by atoms with Gasteiger partial charge in [0, 0.05) is 10.3 Å². The average molecular weight is 156 g/mol. The lowest BCUT2D eigenvalue weighted by Gasteiger charge is -1.93. The smallest absolute Gasteiger partial charge is 0.0728 e. The van der Waals surface area contributed by atoms with Gasteiger partial charge in [-0.2, -0.15) is 0 Å². The van der Waals surface area contributed by atoms with Crippen molar-refractivity contribution in [1.82, 2.24) is 0 Å². The molecule has 0 radical (unpaired) electrons. The van der Waals surface area contributed by atoms with Crippen LogP contribution < -0.4 is 0 Å². The summed E-state index contributed by atoms with van der Waals surface area (Å²) in [6.07, 6.45) is 7.25. The van der Waals surface area contributed by atoms with Crippen LogP contribution in [0.4, 0.5) is 0 Å². The van der Waals surface area contributed by atoms with Gasteiger partial charge in [0.2, 0.25) is 0 Å². The van der Waals surface area contributed by atoms with Crippen molar-refractivity contribution in [2.75, 3.05) is 0 Å². The summed E-state index contributed by atoms with van der Waals surface area (Å²) in [6.45, 7) is 1.90. The maximum Gasteiger partial charge on any atom is 0.0728 e. The number of allylic oxidation sites excluding steroid dienone is 3. The number of rotatable bonds is 2. The first-order chi connectivity index (χ1) is 4.84. The Morgan fingerprint density at radius 3 is 3.00 bits per heavy atom. The van der Waals surface area contributed by atoms with E-state index in [-0.39, 0.29) is 0 Å². The zero-order valence-electron chi connectivity index (χ0n) is 6.17. The highest BCUT2D eigenvalue weighted by Gasteiger charge is 2.07. The minimum Gasteiger partial charge on any atom is -0.250 e. The van der Waals surface area contributed by atoms with Gasteiger partial charge in [-0.25, -0.2) is 0 Å². The van der Waals surface area contributed by atoms with E-state index in [9.17, 15) is 4.21 Å². The molecule has 1 rings (SSSR count). The van der Waals surface area contributed by atoms with Crippen molar-refractivity contribution < 1.29 is 4.21 Å². The van der Waals surface area contributed by atoms with Crippen molar-refractivity contribution in [2.45, 2.75) is 26.2 Å². The minimum absolute atomic E-state index is 0.815. The van der Waals surface area contributed by atoms with E-state index in [1.54, 1.807) is 5.41 Å². The molecule has 1 aliphatic rings. The summed E-state index contributed by atoms with van der Waals surface area (Å²) >= 11 is 0. The maximum atomic E-state index is 11.2. The Morgan fingerprint density at radius 1 is 1.70 bits per heavy atom. The van der Waals surface area contributed by atoms with E-state index in [1.807, 2.05) is 13.0 Å². The van der Waals surface area contributed by atoms with Crippen LogP contribution >= 0.6 is 0 Å². The van der Waals surface area contributed by atoms with Crippen molar-refractivity contribution >= 4 is 10.8 Å². The van der Waals surface area contributed by atoms with Gasteiger partial charge in [-0.1, -0.05) is 12.2 Å². The second-order valence-electron chi connectivity index (χ2n) is 2.33. The molecule has 0 fully saturated rings. The summed E-state index contributed by atoms with van der Waals surface area (Å²) in [5.74, 6) is 0. The van der Waals surface area contributed by atoms with Crippen molar-refractivity contribution in [1.29, 1.82) is 0 Å². The van der Waals surface area contributed by atoms with Gasteiger partial charge >= 0.3 is 0 Å². The highest BCUT2D eigenvalue weighted by Crippen LogP contribution is 2.20. The summed E-state index contributed by atoms with van der Waals surface area (Å²) in [5, 5.41) is 1.75. The third-order valence-corrected chi connectivity index (χ3v) is 2.92. The minimum atomic E-state index is -0.815. The van der Waals surface area contributed by atoms with E-state index in [1.165, 1.54) is 6.42 Å². The van der Waals surface area contributed by atoms with E-state index in [0.29, 0.717) is 0 Å². The van der Waals surface area contributed by atoms with Crippen LogP contribution in [-0.2, 0) is 10.8 Å². The van der Waals surface area contributed by atoms with E-state index in [0.717, 1.165) is 17.7 Å². The lowest BCUT2D eigenvalue weighted by Crippen LogP contribution is -1.85. The summed E-state index contributed by atoms with van der Waals surface area (Å²) in [4.78, 5) is 1.11. The monoisotopic (exact) mass is 156 g/mol. The number of hydrogen-bond acceptors (Lipinski definition) is 1. The van der Waals surface area contributed by atoms with Crippen molar-refractivity contribution in [3.63, 3.8) is 0 Å². The third kappa shape index (κ3) is 1.81. The molecule has 0 N–H and O–H groups in total. The first kappa shape index (κ1) is 7.73. The van der Waals surface area contributed by atoms with E-state index in [4.69, 9.17) is 0 Å². The van der Waals surface area contributed by atoms with E-state index >= 15 is 0 Å². The second kappa shape index (κ2) is 3.71. The van der Waals surface area contributed by atoms with Gasteiger partial charge in [-0.15, -0.1) is 0 Å².